The molecule has 4 aromatic rings. The molecule has 0 unspecified atom stereocenters. The van der Waals surface area contributed by atoms with E-state index in [2.05, 4.69) is 15.0 Å². The maximum atomic E-state index is 13.3. The molecule has 0 fully saturated rings. The van der Waals surface area contributed by atoms with E-state index < -0.39 is 6.61 Å². The molecule has 0 atom stereocenters. The minimum absolute atomic E-state index is 0.0228. The van der Waals surface area contributed by atoms with Gasteiger partial charge in [-0.2, -0.15) is 8.78 Å². The third-order valence-electron chi connectivity index (χ3n) is 5.13. The lowest BCUT2D eigenvalue weighted by atomic mass is 10.1. The molecule has 6 nitrogen and oxygen atoms in total. The number of benzene rings is 3. The third kappa shape index (κ3) is 5.43. The third-order valence-corrected chi connectivity index (χ3v) is 6.07. The van der Waals surface area contributed by atoms with Crippen LogP contribution in [0.15, 0.2) is 82.7 Å². The Labute approximate surface area is 198 Å². The van der Waals surface area contributed by atoms with Gasteiger partial charge in [0.05, 0.1) is 22.3 Å². The van der Waals surface area contributed by atoms with E-state index in [1.54, 1.807) is 24.3 Å². The van der Waals surface area contributed by atoms with E-state index in [-0.39, 0.29) is 23.0 Å². The minimum atomic E-state index is -2.94. The molecular formula is C25H21F2N3O3S. The highest BCUT2D eigenvalue weighted by Crippen LogP contribution is 2.23. The fourth-order valence-corrected chi connectivity index (χ4v) is 4.24. The van der Waals surface area contributed by atoms with Gasteiger partial charge in [0.2, 0.25) is 5.91 Å². The number of para-hydroxylation sites is 1. The van der Waals surface area contributed by atoms with Crippen molar-refractivity contribution in [3.05, 3.63) is 94.3 Å². The number of aryl methyl sites for hydroxylation is 1. The molecule has 174 valence electrons. The summed E-state index contributed by atoms with van der Waals surface area (Å²) in [4.78, 5) is 30.4. The number of amides is 1. The van der Waals surface area contributed by atoms with Crippen LogP contribution in [-0.4, -0.2) is 27.8 Å². The largest absolute Gasteiger partial charge is 0.435 e. The number of carbonyl (C=O) groups is 1. The highest BCUT2D eigenvalue weighted by Gasteiger charge is 2.15. The first kappa shape index (κ1) is 23.4. The minimum Gasteiger partial charge on any atom is -0.435 e. The second-order valence-electron chi connectivity index (χ2n) is 7.42. The van der Waals surface area contributed by atoms with Crippen LogP contribution in [0.2, 0.25) is 0 Å². The van der Waals surface area contributed by atoms with Crippen LogP contribution in [0.4, 0.5) is 8.78 Å². The van der Waals surface area contributed by atoms with Crippen molar-refractivity contribution in [1.82, 2.24) is 14.9 Å². The molecule has 4 rings (SSSR count). The average molecular weight is 482 g/mol. The Kier molecular flexibility index (Phi) is 7.22. The molecule has 0 aliphatic rings. The standard InChI is InChI=1S/C25H21F2N3O3S/c1-16-6-2-3-7-17(16)14-28-22(31)15-34-25-29-21-9-5-4-8-20(21)23(32)30(25)18-10-12-19(13-11-18)33-24(26)27/h2-13,24H,14-15H2,1H3,(H,28,31). The number of thioether (sulfide) groups is 1. The Morgan fingerprint density at radius 3 is 2.50 bits per heavy atom. The molecular weight excluding hydrogens is 460 g/mol. The van der Waals surface area contributed by atoms with E-state index in [1.807, 2.05) is 31.2 Å². The zero-order valence-electron chi connectivity index (χ0n) is 18.2. The van der Waals surface area contributed by atoms with Crippen molar-refractivity contribution in [2.75, 3.05) is 5.75 Å². The summed E-state index contributed by atoms with van der Waals surface area (Å²) in [5.74, 6) is -0.184. The van der Waals surface area contributed by atoms with Crippen molar-refractivity contribution in [2.24, 2.45) is 0 Å². The van der Waals surface area contributed by atoms with Gasteiger partial charge in [0, 0.05) is 6.54 Å². The average Bonchev–Trinajstić information content (AvgIpc) is 2.83. The number of fused-ring (bicyclic) bond motifs is 1. The normalized spacial score (nSPS) is 11.1. The van der Waals surface area contributed by atoms with Crippen LogP contribution in [-0.2, 0) is 11.3 Å². The van der Waals surface area contributed by atoms with Crippen LogP contribution in [0, 0.1) is 6.92 Å². The van der Waals surface area contributed by atoms with Gasteiger partial charge in [-0.25, -0.2) is 4.98 Å². The summed E-state index contributed by atoms with van der Waals surface area (Å²) in [6.45, 7) is -0.568. The Morgan fingerprint density at radius 2 is 1.76 bits per heavy atom. The predicted octanol–water partition coefficient (Wildman–Crippen LogP) is 4.70. The number of nitrogens with zero attached hydrogens (tertiary/aromatic N) is 2. The number of carbonyl (C=O) groups excluding carboxylic acids is 1. The first-order chi connectivity index (χ1) is 16.4. The number of ether oxygens (including phenoxy) is 1. The van der Waals surface area contributed by atoms with Crippen molar-refractivity contribution >= 4 is 28.6 Å². The summed E-state index contributed by atoms with van der Waals surface area (Å²) in [5.41, 5.74) is 2.71. The SMILES string of the molecule is Cc1ccccc1CNC(=O)CSc1nc2ccccc2c(=O)n1-c1ccc(OC(F)F)cc1. The molecule has 1 aromatic heterocycles. The van der Waals surface area contributed by atoms with Crippen molar-refractivity contribution in [3.63, 3.8) is 0 Å². The van der Waals surface area contributed by atoms with Gasteiger partial charge >= 0.3 is 6.61 Å². The number of nitrogens with one attached hydrogen (secondary N) is 1. The van der Waals surface area contributed by atoms with E-state index in [4.69, 9.17) is 0 Å². The fourth-order valence-electron chi connectivity index (χ4n) is 3.40. The molecule has 34 heavy (non-hydrogen) atoms. The summed E-state index contributed by atoms with van der Waals surface area (Å²) < 4.78 is 30.7. The van der Waals surface area contributed by atoms with Crippen LogP contribution in [0.3, 0.4) is 0 Å². The molecule has 0 saturated heterocycles. The van der Waals surface area contributed by atoms with Gasteiger partial charge in [0.1, 0.15) is 5.75 Å². The second kappa shape index (κ2) is 10.5. The lowest BCUT2D eigenvalue weighted by molar-refractivity contribution is -0.118. The molecule has 0 aliphatic heterocycles. The van der Waals surface area contributed by atoms with Crippen molar-refractivity contribution in [3.8, 4) is 11.4 Å². The van der Waals surface area contributed by atoms with Crippen molar-refractivity contribution in [1.29, 1.82) is 0 Å². The van der Waals surface area contributed by atoms with Gasteiger partial charge in [0.25, 0.3) is 5.56 Å². The smallest absolute Gasteiger partial charge is 0.387 e. The zero-order valence-corrected chi connectivity index (χ0v) is 19.0. The lowest BCUT2D eigenvalue weighted by Crippen LogP contribution is -2.26. The maximum absolute atomic E-state index is 13.3. The number of rotatable bonds is 8. The van der Waals surface area contributed by atoms with Crippen molar-refractivity contribution < 1.29 is 18.3 Å². The van der Waals surface area contributed by atoms with Crippen LogP contribution < -0.4 is 15.6 Å². The second-order valence-corrected chi connectivity index (χ2v) is 8.36. The molecule has 0 bridgehead atoms. The van der Waals surface area contributed by atoms with Crippen molar-refractivity contribution in [2.45, 2.75) is 25.2 Å². The monoisotopic (exact) mass is 481 g/mol. The Morgan fingerprint density at radius 1 is 1.06 bits per heavy atom. The van der Waals surface area contributed by atoms with Gasteiger partial charge in [0.15, 0.2) is 5.16 Å². The Balaban J connectivity index is 1.59. The summed E-state index contributed by atoms with van der Waals surface area (Å²) >= 11 is 1.12. The van der Waals surface area contributed by atoms with Gasteiger partial charge < -0.3 is 10.1 Å². The molecule has 0 radical (unpaired) electrons. The number of aromatic nitrogens is 2. The van der Waals surface area contributed by atoms with E-state index in [0.29, 0.717) is 28.3 Å². The molecule has 0 saturated carbocycles. The van der Waals surface area contributed by atoms with E-state index in [1.165, 1.54) is 28.8 Å². The van der Waals surface area contributed by atoms with Crippen LogP contribution in [0.25, 0.3) is 16.6 Å². The van der Waals surface area contributed by atoms with E-state index >= 15 is 0 Å². The maximum Gasteiger partial charge on any atom is 0.387 e. The number of hydrogen-bond donors (Lipinski definition) is 1. The number of alkyl halides is 2. The quantitative estimate of drug-likeness (QED) is 0.292. The van der Waals surface area contributed by atoms with E-state index in [9.17, 15) is 18.4 Å². The van der Waals surface area contributed by atoms with Crippen LogP contribution >= 0.6 is 11.8 Å². The highest BCUT2D eigenvalue weighted by atomic mass is 32.2. The first-order valence-electron chi connectivity index (χ1n) is 10.4. The zero-order chi connectivity index (χ0) is 24.1. The van der Waals surface area contributed by atoms with Crippen LogP contribution in [0.5, 0.6) is 5.75 Å². The topological polar surface area (TPSA) is 73.2 Å². The summed E-state index contributed by atoms with van der Waals surface area (Å²) in [7, 11) is 0. The predicted molar refractivity (Wildman–Crippen MR) is 128 cm³/mol. The first-order valence-corrected chi connectivity index (χ1v) is 11.4. The molecule has 0 aliphatic carbocycles. The highest BCUT2D eigenvalue weighted by molar-refractivity contribution is 7.99. The van der Waals surface area contributed by atoms with Gasteiger partial charge in [-0.3, -0.25) is 14.2 Å². The molecule has 1 amide bonds. The van der Waals surface area contributed by atoms with Gasteiger partial charge in [-0.1, -0.05) is 48.2 Å². The number of halogens is 2. The Hall–Kier alpha value is -3.72. The molecule has 0 spiro atoms. The van der Waals surface area contributed by atoms with Crippen LogP contribution in [0.1, 0.15) is 11.1 Å². The summed E-state index contributed by atoms with van der Waals surface area (Å²) in [6, 6.07) is 20.4. The summed E-state index contributed by atoms with van der Waals surface area (Å²) in [5, 5.41) is 3.61. The molecule has 1 heterocycles. The van der Waals surface area contributed by atoms with Gasteiger partial charge in [-0.05, 0) is 54.4 Å². The molecule has 9 heteroatoms. The molecule has 1 N–H and O–H groups in total. The fraction of sp³-hybridized carbons (Fsp3) is 0.160. The lowest BCUT2D eigenvalue weighted by Gasteiger charge is -2.14. The summed E-state index contributed by atoms with van der Waals surface area (Å²) in [6.07, 6.45) is 0. The molecule has 3 aromatic carbocycles. The van der Waals surface area contributed by atoms with Gasteiger partial charge in [-0.15, -0.1) is 0 Å². The Bertz CT molecular complexity index is 1370. The number of hydrogen-bond acceptors (Lipinski definition) is 5. The van der Waals surface area contributed by atoms with E-state index in [0.717, 1.165) is 22.9 Å².